The molecule has 0 saturated carbocycles. The van der Waals surface area contributed by atoms with Gasteiger partial charge in [0.2, 0.25) is 0 Å². The van der Waals surface area contributed by atoms with Crippen LogP contribution in [0.25, 0.3) is 0 Å². The van der Waals surface area contributed by atoms with Gasteiger partial charge in [0.15, 0.2) is 11.8 Å². The fourth-order valence-corrected chi connectivity index (χ4v) is 6.52. The Balaban J connectivity index is 1.96. The van der Waals surface area contributed by atoms with Crippen LogP contribution in [0, 0.1) is 5.92 Å². The number of para-hydroxylation sites is 1. The van der Waals surface area contributed by atoms with Crippen LogP contribution in [0.1, 0.15) is 40.8 Å². The molecule has 1 aliphatic rings. The van der Waals surface area contributed by atoms with Gasteiger partial charge in [-0.2, -0.15) is 0 Å². The number of alkyl halides is 1. The number of nitrogens with one attached hydrogen (secondary N) is 1. The molecule has 14 heteroatoms. The molecule has 1 fully saturated rings. The van der Waals surface area contributed by atoms with Gasteiger partial charge >= 0.3 is 19.3 Å². The summed E-state index contributed by atoms with van der Waals surface area (Å²) in [6.45, 7) is 6.03. The Labute approximate surface area is 224 Å². The highest BCUT2D eigenvalue weighted by Crippen LogP contribution is 2.55. The monoisotopic (exact) mass is 572 g/mol. The maximum absolute atomic E-state index is 14.2. The molecular weight excluding hydrogens is 538 g/mol. The molecule has 1 saturated heterocycles. The zero-order chi connectivity index (χ0) is 29.2. The highest BCUT2D eigenvalue weighted by atomic mass is 31.2. The first kappa shape index (κ1) is 30.7. The van der Waals surface area contributed by atoms with E-state index >= 15 is 0 Å². The van der Waals surface area contributed by atoms with Crippen LogP contribution in [-0.2, 0) is 23.4 Å². The Bertz CT molecular complexity index is 1310. The second-order valence-electron chi connectivity index (χ2n) is 10.3. The first-order valence-electron chi connectivity index (χ1n) is 12.3. The lowest BCUT2D eigenvalue weighted by Gasteiger charge is -2.36. The van der Waals surface area contributed by atoms with Crippen LogP contribution in [0.5, 0.6) is 5.75 Å². The van der Waals surface area contributed by atoms with E-state index in [1.165, 1.54) is 32.9 Å². The normalized spacial score (nSPS) is 25.7. The van der Waals surface area contributed by atoms with Gasteiger partial charge in [-0.1, -0.05) is 25.1 Å². The fourth-order valence-electron chi connectivity index (χ4n) is 4.25. The van der Waals surface area contributed by atoms with Gasteiger partial charge in [0.25, 0.3) is 5.56 Å². The van der Waals surface area contributed by atoms with Crippen LogP contribution in [0.15, 0.2) is 52.2 Å². The van der Waals surface area contributed by atoms with Crippen molar-refractivity contribution in [2.45, 2.75) is 70.4 Å². The number of hydrogen-bond donors (Lipinski definition) is 3. The van der Waals surface area contributed by atoms with Crippen LogP contribution in [0.2, 0.25) is 0 Å². The third kappa shape index (κ3) is 6.85. The zero-order valence-corrected chi connectivity index (χ0v) is 23.2. The van der Waals surface area contributed by atoms with Crippen molar-refractivity contribution in [3.63, 3.8) is 0 Å². The van der Waals surface area contributed by atoms with Crippen LogP contribution in [-0.4, -0.2) is 68.1 Å². The molecule has 1 aromatic carbocycles. The zero-order valence-electron chi connectivity index (χ0n) is 22.3. The van der Waals surface area contributed by atoms with Gasteiger partial charge in [0.1, 0.15) is 30.2 Å². The predicted molar refractivity (Wildman–Crippen MR) is 137 cm³/mol. The summed E-state index contributed by atoms with van der Waals surface area (Å²) in [6, 6.07) is 9.01. The lowest BCUT2D eigenvalue weighted by Crippen LogP contribution is -2.54. The third-order valence-electron chi connectivity index (χ3n) is 6.12. The second kappa shape index (κ2) is 11.7. The number of carbonyl (C=O) groups is 1. The Kier molecular flexibility index (Phi) is 9.24. The van der Waals surface area contributed by atoms with Gasteiger partial charge in [0, 0.05) is 12.3 Å². The number of aliphatic hydroxyl groups is 2. The number of aromatic nitrogens is 2. The van der Waals surface area contributed by atoms with Crippen LogP contribution in [0.4, 0.5) is 4.39 Å². The minimum absolute atomic E-state index is 0.173. The Morgan fingerprint density at radius 2 is 1.87 bits per heavy atom. The Morgan fingerprint density at radius 3 is 2.44 bits per heavy atom. The van der Waals surface area contributed by atoms with Crippen molar-refractivity contribution in [2.75, 3.05) is 12.8 Å². The van der Waals surface area contributed by atoms with E-state index in [0.717, 1.165) is 16.8 Å². The molecular formula is C25H34FN2O10P. The standard InChI is InChI=1S/C25H34FN2O10P/c1-15(2)35-21(31)16(3)13-39(34,37-17-9-7-6-8-10-17)38-24(4,5)20-19(30)25(33,14-26)22(36-20)28-12-11-18(29)27-23(28)32/h6-12,15-16,19-20,22,30,33H,13-14H2,1-5H3,(H,27,29,32)/t16-,19+,20+,22-,25?,39-/m1/s1. The molecule has 6 atom stereocenters. The molecule has 0 amide bonds. The molecule has 0 radical (unpaired) electrons. The maximum Gasteiger partial charge on any atom is 0.380 e. The second-order valence-corrected chi connectivity index (χ2v) is 12.2. The number of halogens is 1. The number of ether oxygens (including phenoxy) is 2. The molecule has 0 aliphatic carbocycles. The Morgan fingerprint density at radius 1 is 1.23 bits per heavy atom. The molecule has 1 unspecified atom stereocenters. The van der Waals surface area contributed by atoms with Gasteiger partial charge < -0.3 is 24.2 Å². The summed E-state index contributed by atoms with van der Waals surface area (Å²) in [4.78, 5) is 38.3. The number of rotatable bonds is 11. The van der Waals surface area contributed by atoms with Crippen molar-refractivity contribution in [2.24, 2.45) is 5.92 Å². The van der Waals surface area contributed by atoms with E-state index in [1.807, 2.05) is 4.98 Å². The lowest BCUT2D eigenvalue weighted by atomic mass is 9.88. The van der Waals surface area contributed by atoms with Crippen LogP contribution >= 0.6 is 7.60 Å². The molecule has 0 spiro atoms. The van der Waals surface area contributed by atoms with E-state index < -0.39 is 79.3 Å². The number of hydrogen-bond acceptors (Lipinski definition) is 10. The van der Waals surface area contributed by atoms with Gasteiger partial charge in [-0.3, -0.25) is 23.7 Å². The number of esters is 1. The van der Waals surface area contributed by atoms with Gasteiger partial charge in [0.05, 0.1) is 18.2 Å². The predicted octanol–water partition coefficient (Wildman–Crippen LogP) is 2.15. The molecule has 3 N–H and O–H groups in total. The minimum atomic E-state index is -4.24. The molecule has 2 aromatic rings. The summed E-state index contributed by atoms with van der Waals surface area (Å²) >= 11 is 0. The fraction of sp³-hybridized carbons (Fsp3) is 0.560. The van der Waals surface area contributed by atoms with Crippen molar-refractivity contribution in [1.82, 2.24) is 9.55 Å². The molecule has 3 rings (SSSR count). The molecule has 2 heterocycles. The number of aliphatic hydroxyl groups excluding tert-OH is 1. The largest absolute Gasteiger partial charge is 0.463 e. The molecule has 0 bridgehead atoms. The van der Waals surface area contributed by atoms with Crippen molar-refractivity contribution < 1.29 is 42.5 Å². The summed E-state index contributed by atoms with van der Waals surface area (Å²) in [6.07, 6.45) is -5.15. The molecule has 12 nitrogen and oxygen atoms in total. The first-order chi connectivity index (χ1) is 18.1. The van der Waals surface area contributed by atoms with E-state index in [4.69, 9.17) is 18.5 Å². The van der Waals surface area contributed by atoms with Crippen molar-refractivity contribution in [3.05, 3.63) is 63.4 Å². The van der Waals surface area contributed by atoms with E-state index in [-0.39, 0.29) is 5.75 Å². The quantitative estimate of drug-likeness (QED) is 0.268. The molecule has 1 aliphatic heterocycles. The summed E-state index contributed by atoms with van der Waals surface area (Å²) in [5.74, 6) is -1.39. The number of nitrogens with zero attached hydrogens (tertiary/aromatic N) is 1. The van der Waals surface area contributed by atoms with Crippen molar-refractivity contribution >= 4 is 13.6 Å². The summed E-state index contributed by atoms with van der Waals surface area (Å²) in [7, 11) is -4.24. The first-order valence-corrected chi connectivity index (χ1v) is 14.0. The molecule has 1 aromatic heterocycles. The van der Waals surface area contributed by atoms with Crippen LogP contribution in [0.3, 0.4) is 0 Å². The number of aromatic amines is 1. The number of benzene rings is 1. The topological polar surface area (TPSA) is 166 Å². The van der Waals surface area contributed by atoms with Crippen LogP contribution < -0.4 is 15.8 Å². The van der Waals surface area contributed by atoms with E-state index in [2.05, 4.69) is 0 Å². The highest BCUT2D eigenvalue weighted by Gasteiger charge is 2.62. The van der Waals surface area contributed by atoms with Gasteiger partial charge in [-0.25, -0.2) is 13.8 Å². The number of H-pyrrole nitrogens is 1. The average Bonchev–Trinajstić information content (AvgIpc) is 3.10. The smallest absolute Gasteiger partial charge is 0.380 e. The highest BCUT2D eigenvalue weighted by molar-refractivity contribution is 7.54. The van der Waals surface area contributed by atoms with Gasteiger partial charge in [-0.15, -0.1) is 0 Å². The number of carbonyl (C=O) groups excluding carboxylic acids is 1. The summed E-state index contributed by atoms with van der Waals surface area (Å²) in [5.41, 5.74) is -6.12. The van der Waals surface area contributed by atoms with E-state index in [9.17, 15) is 33.6 Å². The van der Waals surface area contributed by atoms with Crippen molar-refractivity contribution in [3.8, 4) is 5.75 Å². The van der Waals surface area contributed by atoms with Crippen molar-refractivity contribution in [1.29, 1.82) is 0 Å². The van der Waals surface area contributed by atoms with E-state index in [0.29, 0.717) is 0 Å². The summed E-state index contributed by atoms with van der Waals surface area (Å²) in [5, 5.41) is 22.0. The average molecular weight is 573 g/mol. The van der Waals surface area contributed by atoms with E-state index in [1.54, 1.807) is 32.0 Å². The Hall–Kier alpha value is -2.83. The SMILES string of the molecule is CC(C)OC(=O)[C@H](C)C[P@@](=O)(Oc1ccccc1)OC(C)(C)[C@H]1O[C@@H](n2ccc(=O)[nH]c2=O)C(O)(CF)[C@H]1O. The third-order valence-corrected chi connectivity index (χ3v) is 8.35. The van der Waals surface area contributed by atoms with Gasteiger partial charge in [-0.05, 0) is 39.8 Å². The molecule has 216 valence electrons. The minimum Gasteiger partial charge on any atom is -0.463 e. The maximum atomic E-state index is 14.2. The summed E-state index contributed by atoms with van der Waals surface area (Å²) < 4.78 is 51.7. The lowest BCUT2D eigenvalue weighted by molar-refractivity contribution is -0.151. The molecule has 39 heavy (non-hydrogen) atoms.